The molecule has 0 unspecified atom stereocenters. The molecule has 0 aromatic carbocycles. The molecule has 0 aliphatic rings. The first-order valence-electron chi connectivity index (χ1n) is 6.45. The van der Waals surface area contributed by atoms with Crippen LogP contribution >= 0.6 is 0 Å². The van der Waals surface area contributed by atoms with Crippen molar-refractivity contribution in [3.05, 3.63) is 18.0 Å². The maximum atomic E-state index is 9.84. The Morgan fingerprint density at radius 2 is 1.89 bits per heavy atom. The van der Waals surface area contributed by atoms with Crippen molar-refractivity contribution in [2.45, 2.75) is 39.8 Å². The summed E-state index contributed by atoms with van der Waals surface area (Å²) in [5, 5.41) is 13.1. The molecule has 0 aliphatic carbocycles. The molecule has 1 aromatic heterocycles. The lowest BCUT2D eigenvalue weighted by Crippen LogP contribution is -2.39. The van der Waals surface area contributed by atoms with Crippen molar-refractivity contribution in [1.82, 2.24) is 15.3 Å². The Morgan fingerprint density at radius 3 is 2.33 bits per heavy atom. The van der Waals surface area contributed by atoms with E-state index >= 15 is 0 Å². The highest BCUT2D eigenvalue weighted by Gasteiger charge is 2.19. The van der Waals surface area contributed by atoms with Gasteiger partial charge in [0, 0.05) is 37.6 Å². The van der Waals surface area contributed by atoms with Gasteiger partial charge in [-0.1, -0.05) is 6.92 Å². The first kappa shape index (κ1) is 14.9. The third-order valence-electron chi connectivity index (χ3n) is 2.51. The molecule has 0 fully saturated rings. The summed E-state index contributed by atoms with van der Waals surface area (Å²) in [6, 6.07) is 0. The van der Waals surface area contributed by atoms with Gasteiger partial charge in [-0.2, -0.15) is 0 Å². The van der Waals surface area contributed by atoms with Crippen LogP contribution in [0.4, 0.5) is 5.95 Å². The summed E-state index contributed by atoms with van der Waals surface area (Å²) in [7, 11) is 0. The zero-order chi connectivity index (χ0) is 13.6. The second kappa shape index (κ2) is 6.66. The van der Waals surface area contributed by atoms with Gasteiger partial charge >= 0.3 is 0 Å². The van der Waals surface area contributed by atoms with Crippen LogP contribution in [-0.4, -0.2) is 40.3 Å². The third-order valence-corrected chi connectivity index (χ3v) is 2.51. The van der Waals surface area contributed by atoms with Crippen LogP contribution in [0.15, 0.2) is 12.4 Å². The standard InChI is InChI=1S/C13H24N4O/c1-5-14-7-11-8-15-12(16-9-11)17(6-2)10-13(3,4)18/h8-9,14,18H,5-7,10H2,1-4H3. The molecule has 1 heterocycles. The fourth-order valence-electron chi connectivity index (χ4n) is 1.66. The Kier molecular flexibility index (Phi) is 5.50. The van der Waals surface area contributed by atoms with E-state index in [1.165, 1.54) is 0 Å². The van der Waals surface area contributed by atoms with E-state index in [1.807, 2.05) is 24.2 Å². The van der Waals surface area contributed by atoms with Crippen LogP contribution in [-0.2, 0) is 6.54 Å². The summed E-state index contributed by atoms with van der Waals surface area (Å²) in [5.41, 5.74) is 0.321. The topological polar surface area (TPSA) is 61.3 Å². The van der Waals surface area contributed by atoms with Gasteiger partial charge in [0.05, 0.1) is 5.60 Å². The molecule has 0 radical (unpaired) electrons. The highest BCUT2D eigenvalue weighted by molar-refractivity contribution is 5.30. The Morgan fingerprint density at radius 1 is 1.28 bits per heavy atom. The Bertz CT molecular complexity index is 345. The Labute approximate surface area is 109 Å². The highest BCUT2D eigenvalue weighted by Crippen LogP contribution is 2.12. The van der Waals surface area contributed by atoms with E-state index in [4.69, 9.17) is 0 Å². The third kappa shape index (κ3) is 4.98. The number of hydrogen-bond acceptors (Lipinski definition) is 5. The van der Waals surface area contributed by atoms with Gasteiger partial charge < -0.3 is 15.3 Å². The van der Waals surface area contributed by atoms with Crippen molar-refractivity contribution in [2.75, 3.05) is 24.5 Å². The number of nitrogens with one attached hydrogen (secondary N) is 1. The van der Waals surface area contributed by atoms with Crippen LogP contribution in [0, 0.1) is 0 Å². The van der Waals surface area contributed by atoms with Crippen molar-refractivity contribution in [3.8, 4) is 0 Å². The SMILES string of the molecule is CCNCc1cnc(N(CC)CC(C)(C)O)nc1. The molecule has 102 valence electrons. The van der Waals surface area contributed by atoms with Gasteiger partial charge in [0.2, 0.25) is 5.95 Å². The van der Waals surface area contributed by atoms with Gasteiger partial charge in [-0.15, -0.1) is 0 Å². The van der Waals surface area contributed by atoms with Crippen molar-refractivity contribution >= 4 is 5.95 Å². The number of aromatic nitrogens is 2. The number of nitrogens with zero attached hydrogens (tertiary/aromatic N) is 3. The number of likely N-dealkylation sites (N-methyl/N-ethyl adjacent to an activating group) is 1. The molecule has 0 amide bonds. The molecule has 5 heteroatoms. The van der Waals surface area contributed by atoms with Crippen LogP contribution in [0.3, 0.4) is 0 Å². The van der Waals surface area contributed by atoms with Gasteiger partial charge in [-0.3, -0.25) is 0 Å². The summed E-state index contributed by atoms with van der Waals surface area (Å²) in [6.07, 6.45) is 3.66. The summed E-state index contributed by atoms with van der Waals surface area (Å²) in [5.74, 6) is 0.667. The minimum Gasteiger partial charge on any atom is -0.389 e. The van der Waals surface area contributed by atoms with Crippen LogP contribution in [0.25, 0.3) is 0 Å². The first-order valence-corrected chi connectivity index (χ1v) is 6.45. The van der Waals surface area contributed by atoms with Crippen molar-refractivity contribution < 1.29 is 5.11 Å². The molecule has 0 aliphatic heterocycles. The first-order chi connectivity index (χ1) is 8.46. The average molecular weight is 252 g/mol. The lowest BCUT2D eigenvalue weighted by Gasteiger charge is -2.28. The fourth-order valence-corrected chi connectivity index (χ4v) is 1.66. The molecular weight excluding hydrogens is 228 g/mol. The second-order valence-electron chi connectivity index (χ2n) is 5.00. The van der Waals surface area contributed by atoms with Gasteiger partial charge in [-0.05, 0) is 27.3 Å². The largest absolute Gasteiger partial charge is 0.389 e. The lowest BCUT2D eigenvalue weighted by atomic mass is 10.1. The second-order valence-corrected chi connectivity index (χ2v) is 5.00. The molecule has 2 N–H and O–H groups in total. The lowest BCUT2D eigenvalue weighted by molar-refractivity contribution is 0.0872. The quantitative estimate of drug-likeness (QED) is 0.763. The zero-order valence-corrected chi connectivity index (χ0v) is 11.8. The minimum absolute atomic E-state index is 0.524. The zero-order valence-electron chi connectivity index (χ0n) is 11.8. The number of aliphatic hydroxyl groups is 1. The molecule has 0 spiro atoms. The minimum atomic E-state index is -0.748. The van der Waals surface area contributed by atoms with Crippen molar-refractivity contribution in [2.24, 2.45) is 0 Å². The van der Waals surface area contributed by atoms with Crippen molar-refractivity contribution in [1.29, 1.82) is 0 Å². The summed E-state index contributed by atoms with van der Waals surface area (Å²) >= 11 is 0. The summed E-state index contributed by atoms with van der Waals surface area (Å²) in [4.78, 5) is 10.7. The van der Waals surface area contributed by atoms with E-state index in [0.29, 0.717) is 12.5 Å². The smallest absolute Gasteiger partial charge is 0.225 e. The summed E-state index contributed by atoms with van der Waals surface area (Å²) < 4.78 is 0. The number of anilines is 1. The molecular formula is C13H24N4O. The Balaban J connectivity index is 2.69. The van der Waals surface area contributed by atoms with E-state index in [9.17, 15) is 5.11 Å². The average Bonchev–Trinajstić information content (AvgIpc) is 2.33. The van der Waals surface area contributed by atoms with Gasteiger partial charge in [0.25, 0.3) is 0 Å². The molecule has 1 aromatic rings. The van der Waals surface area contributed by atoms with E-state index in [0.717, 1.165) is 25.2 Å². The molecule has 0 atom stereocenters. The Hall–Kier alpha value is -1.20. The number of rotatable bonds is 7. The fraction of sp³-hybridized carbons (Fsp3) is 0.692. The van der Waals surface area contributed by atoms with E-state index in [2.05, 4.69) is 22.2 Å². The maximum absolute atomic E-state index is 9.84. The molecule has 5 nitrogen and oxygen atoms in total. The van der Waals surface area contributed by atoms with Crippen molar-refractivity contribution in [3.63, 3.8) is 0 Å². The van der Waals surface area contributed by atoms with Crippen LogP contribution in [0.2, 0.25) is 0 Å². The summed E-state index contributed by atoms with van der Waals surface area (Å²) in [6.45, 7) is 10.7. The van der Waals surface area contributed by atoms with Crippen LogP contribution in [0.1, 0.15) is 33.3 Å². The van der Waals surface area contributed by atoms with Gasteiger partial charge in [0.1, 0.15) is 0 Å². The van der Waals surface area contributed by atoms with Crippen LogP contribution < -0.4 is 10.2 Å². The van der Waals surface area contributed by atoms with E-state index in [-0.39, 0.29) is 0 Å². The highest BCUT2D eigenvalue weighted by atomic mass is 16.3. The molecule has 1 rings (SSSR count). The van der Waals surface area contributed by atoms with Crippen LogP contribution in [0.5, 0.6) is 0 Å². The molecule has 0 saturated heterocycles. The van der Waals surface area contributed by atoms with Gasteiger partial charge in [0.15, 0.2) is 0 Å². The molecule has 18 heavy (non-hydrogen) atoms. The van der Waals surface area contributed by atoms with Gasteiger partial charge in [-0.25, -0.2) is 9.97 Å². The maximum Gasteiger partial charge on any atom is 0.225 e. The van der Waals surface area contributed by atoms with E-state index < -0.39 is 5.60 Å². The predicted molar refractivity (Wildman–Crippen MR) is 73.6 cm³/mol. The van der Waals surface area contributed by atoms with E-state index in [1.54, 1.807) is 13.8 Å². The predicted octanol–water partition coefficient (Wildman–Crippen LogP) is 1.18. The monoisotopic (exact) mass is 252 g/mol. The number of hydrogen-bond donors (Lipinski definition) is 2. The molecule has 0 bridgehead atoms. The molecule has 0 saturated carbocycles. The normalized spacial score (nSPS) is 11.6.